The first-order valence-corrected chi connectivity index (χ1v) is 9.37. The first-order valence-electron chi connectivity index (χ1n) is 8.55. The van der Waals surface area contributed by atoms with E-state index in [0.29, 0.717) is 33.4 Å². The smallest absolute Gasteiger partial charge is 0.267 e. The van der Waals surface area contributed by atoms with Crippen LogP contribution in [0.1, 0.15) is 20.9 Å². The Kier molecular flexibility index (Phi) is 4.94. The molecule has 1 amide bonds. The van der Waals surface area contributed by atoms with Crippen molar-refractivity contribution < 1.29 is 9.18 Å². The molecule has 0 saturated heterocycles. The van der Waals surface area contributed by atoms with Crippen LogP contribution in [0.3, 0.4) is 0 Å². The first-order chi connectivity index (χ1) is 13.6. The Morgan fingerprint density at radius 2 is 1.96 bits per heavy atom. The predicted octanol–water partition coefficient (Wildman–Crippen LogP) is 4.15. The standard InChI is InChI=1S/C20H16FN5OS/c1-13-18(28-20(24-13)16-4-2-3-5-17(16)21)19(27)25-15-8-6-14(7-9-15)10-26-12-22-11-23-26/h2-9,11-12H,10H2,1H3,(H,25,27). The van der Waals surface area contributed by atoms with Crippen molar-refractivity contribution in [3.05, 3.63) is 83.1 Å². The molecule has 4 aromatic rings. The number of benzene rings is 2. The highest BCUT2D eigenvalue weighted by Crippen LogP contribution is 2.30. The number of amides is 1. The molecule has 8 heteroatoms. The van der Waals surface area contributed by atoms with Crippen LogP contribution in [0, 0.1) is 12.7 Å². The number of carbonyl (C=O) groups is 1. The molecule has 0 aliphatic heterocycles. The second-order valence-electron chi connectivity index (χ2n) is 6.16. The number of halogens is 1. The number of nitrogens with one attached hydrogen (secondary N) is 1. The van der Waals surface area contributed by atoms with Crippen LogP contribution in [0.25, 0.3) is 10.6 Å². The summed E-state index contributed by atoms with van der Waals surface area (Å²) in [5.74, 6) is -0.618. The van der Waals surface area contributed by atoms with Crippen molar-refractivity contribution in [1.82, 2.24) is 19.7 Å². The topological polar surface area (TPSA) is 72.7 Å². The fourth-order valence-corrected chi connectivity index (χ4v) is 3.73. The van der Waals surface area contributed by atoms with Gasteiger partial charge in [-0.1, -0.05) is 24.3 Å². The number of aryl methyl sites for hydroxylation is 1. The number of nitrogens with zero attached hydrogens (tertiary/aromatic N) is 4. The van der Waals surface area contributed by atoms with Gasteiger partial charge in [0, 0.05) is 11.3 Å². The lowest BCUT2D eigenvalue weighted by Crippen LogP contribution is -2.11. The zero-order chi connectivity index (χ0) is 19.5. The van der Waals surface area contributed by atoms with E-state index < -0.39 is 0 Å². The second kappa shape index (κ2) is 7.69. The highest BCUT2D eigenvalue weighted by molar-refractivity contribution is 7.17. The Hall–Kier alpha value is -3.39. The molecule has 0 aliphatic rings. The molecule has 0 bridgehead atoms. The van der Waals surface area contributed by atoms with Gasteiger partial charge in [0.1, 0.15) is 28.4 Å². The number of rotatable bonds is 5. The molecule has 0 fully saturated rings. The molecule has 6 nitrogen and oxygen atoms in total. The fraction of sp³-hybridized carbons (Fsp3) is 0.100. The first kappa shape index (κ1) is 18.0. The molecule has 2 aromatic heterocycles. The maximum absolute atomic E-state index is 14.0. The van der Waals surface area contributed by atoms with Crippen LogP contribution in [-0.4, -0.2) is 25.7 Å². The van der Waals surface area contributed by atoms with E-state index in [1.807, 2.05) is 24.3 Å². The largest absolute Gasteiger partial charge is 0.321 e. The average Bonchev–Trinajstić information content (AvgIpc) is 3.33. The summed E-state index contributed by atoms with van der Waals surface area (Å²) in [7, 11) is 0. The third kappa shape index (κ3) is 3.81. The Labute approximate surface area is 164 Å². The molecule has 0 aliphatic carbocycles. The molecule has 2 heterocycles. The van der Waals surface area contributed by atoms with Crippen LogP contribution in [0.5, 0.6) is 0 Å². The van der Waals surface area contributed by atoms with Crippen molar-refractivity contribution >= 4 is 22.9 Å². The van der Waals surface area contributed by atoms with E-state index in [1.54, 1.807) is 36.1 Å². The van der Waals surface area contributed by atoms with Crippen molar-refractivity contribution in [3.63, 3.8) is 0 Å². The molecule has 2 aromatic carbocycles. The summed E-state index contributed by atoms with van der Waals surface area (Å²) in [5, 5.41) is 7.43. The summed E-state index contributed by atoms with van der Waals surface area (Å²) in [6.45, 7) is 2.35. The molecule has 4 rings (SSSR count). The Balaban J connectivity index is 1.49. The quantitative estimate of drug-likeness (QED) is 0.553. The Morgan fingerprint density at radius 1 is 1.18 bits per heavy atom. The molecule has 0 unspecified atom stereocenters. The summed E-state index contributed by atoms with van der Waals surface area (Å²) in [5.41, 5.74) is 2.68. The highest BCUT2D eigenvalue weighted by atomic mass is 32.1. The van der Waals surface area contributed by atoms with Gasteiger partial charge in [0.15, 0.2) is 0 Å². The number of carbonyl (C=O) groups excluding carboxylic acids is 1. The van der Waals surface area contributed by atoms with Gasteiger partial charge in [-0.3, -0.25) is 4.79 Å². The zero-order valence-electron chi connectivity index (χ0n) is 15.0. The molecule has 1 N–H and O–H groups in total. The van der Waals surface area contributed by atoms with Gasteiger partial charge >= 0.3 is 0 Å². The summed E-state index contributed by atoms with van der Waals surface area (Å²) >= 11 is 1.18. The van der Waals surface area contributed by atoms with Gasteiger partial charge in [-0.05, 0) is 36.8 Å². The minimum Gasteiger partial charge on any atom is -0.321 e. The molecular weight excluding hydrogens is 377 g/mol. The van der Waals surface area contributed by atoms with Gasteiger partial charge < -0.3 is 5.32 Å². The van der Waals surface area contributed by atoms with Gasteiger partial charge in [0.2, 0.25) is 0 Å². The van der Waals surface area contributed by atoms with Gasteiger partial charge in [-0.2, -0.15) is 5.10 Å². The summed E-state index contributed by atoms with van der Waals surface area (Å²) in [6, 6.07) is 13.9. The number of aromatic nitrogens is 4. The van der Waals surface area contributed by atoms with E-state index in [2.05, 4.69) is 20.4 Å². The van der Waals surface area contributed by atoms with Gasteiger partial charge in [-0.15, -0.1) is 11.3 Å². The van der Waals surface area contributed by atoms with Crippen molar-refractivity contribution in [2.45, 2.75) is 13.5 Å². The maximum Gasteiger partial charge on any atom is 0.267 e. The molecular formula is C20H16FN5OS. The number of anilines is 1. The fourth-order valence-electron chi connectivity index (χ4n) is 2.74. The van der Waals surface area contributed by atoms with Crippen LogP contribution >= 0.6 is 11.3 Å². The summed E-state index contributed by atoms with van der Waals surface area (Å²) in [4.78, 5) is 21.4. The molecule has 0 spiro atoms. The number of hydrogen-bond acceptors (Lipinski definition) is 5. The molecule has 0 atom stereocenters. The van der Waals surface area contributed by atoms with E-state index in [1.165, 1.54) is 23.7 Å². The molecule has 0 radical (unpaired) electrons. The molecule has 0 saturated carbocycles. The minimum atomic E-state index is -0.355. The molecule has 28 heavy (non-hydrogen) atoms. The van der Waals surface area contributed by atoms with Crippen LogP contribution in [-0.2, 0) is 6.54 Å². The van der Waals surface area contributed by atoms with Crippen LogP contribution in [0.2, 0.25) is 0 Å². The maximum atomic E-state index is 14.0. The minimum absolute atomic E-state index is 0.262. The van der Waals surface area contributed by atoms with Crippen LogP contribution in [0.15, 0.2) is 61.2 Å². The van der Waals surface area contributed by atoms with E-state index in [4.69, 9.17) is 0 Å². The predicted molar refractivity (Wildman–Crippen MR) is 106 cm³/mol. The molecule has 140 valence electrons. The second-order valence-corrected chi connectivity index (χ2v) is 7.16. The van der Waals surface area contributed by atoms with Gasteiger partial charge in [0.25, 0.3) is 5.91 Å². The lowest BCUT2D eigenvalue weighted by Gasteiger charge is -2.06. The van der Waals surface area contributed by atoms with Gasteiger partial charge in [-0.25, -0.2) is 19.0 Å². The Morgan fingerprint density at radius 3 is 2.68 bits per heavy atom. The number of hydrogen-bond donors (Lipinski definition) is 1. The normalized spacial score (nSPS) is 10.8. The van der Waals surface area contributed by atoms with Crippen LogP contribution in [0.4, 0.5) is 10.1 Å². The van der Waals surface area contributed by atoms with Gasteiger partial charge in [0.05, 0.1) is 12.2 Å². The highest BCUT2D eigenvalue weighted by Gasteiger charge is 2.18. The third-order valence-electron chi connectivity index (χ3n) is 4.13. The van der Waals surface area contributed by atoms with Crippen LogP contribution < -0.4 is 5.32 Å². The Bertz CT molecular complexity index is 1110. The van der Waals surface area contributed by atoms with Crippen molar-refractivity contribution in [2.24, 2.45) is 0 Å². The number of thiazole rings is 1. The lowest BCUT2D eigenvalue weighted by molar-refractivity contribution is 0.103. The van der Waals surface area contributed by atoms with E-state index in [9.17, 15) is 9.18 Å². The monoisotopic (exact) mass is 393 g/mol. The van der Waals surface area contributed by atoms with Crippen molar-refractivity contribution in [2.75, 3.05) is 5.32 Å². The summed E-state index contributed by atoms with van der Waals surface area (Å²) < 4.78 is 15.7. The van der Waals surface area contributed by atoms with E-state index in [0.717, 1.165) is 5.56 Å². The van der Waals surface area contributed by atoms with Crippen molar-refractivity contribution in [3.8, 4) is 10.6 Å². The van der Waals surface area contributed by atoms with E-state index in [-0.39, 0.29) is 11.7 Å². The SMILES string of the molecule is Cc1nc(-c2ccccc2F)sc1C(=O)Nc1ccc(Cn2cncn2)cc1. The lowest BCUT2D eigenvalue weighted by atomic mass is 10.2. The summed E-state index contributed by atoms with van der Waals surface area (Å²) in [6.07, 6.45) is 3.14. The van der Waals surface area contributed by atoms with E-state index >= 15 is 0 Å². The van der Waals surface area contributed by atoms with Crippen molar-refractivity contribution in [1.29, 1.82) is 0 Å². The third-order valence-corrected chi connectivity index (χ3v) is 5.32. The zero-order valence-corrected chi connectivity index (χ0v) is 15.8. The average molecular weight is 393 g/mol.